The molecule has 1 aromatic heterocycles. The van der Waals surface area contributed by atoms with Gasteiger partial charge in [0, 0.05) is 43.2 Å². The number of aromatic nitrogens is 1. The number of rotatable bonds is 5. The molecule has 1 saturated heterocycles. The van der Waals surface area contributed by atoms with Gasteiger partial charge in [-0.1, -0.05) is 42.5 Å². The lowest BCUT2D eigenvalue weighted by Gasteiger charge is -2.24. The second-order valence-electron chi connectivity index (χ2n) is 7.54. The number of benzene rings is 2. The first-order valence-electron chi connectivity index (χ1n) is 10.4. The van der Waals surface area contributed by atoms with Crippen molar-refractivity contribution in [1.29, 1.82) is 0 Å². The normalized spacial score (nSPS) is 16.4. The second-order valence-corrected chi connectivity index (χ2v) is 7.54. The van der Waals surface area contributed by atoms with Gasteiger partial charge in [0.2, 0.25) is 5.91 Å². The fraction of sp³-hybridized carbons (Fsp3) is 0.240. The van der Waals surface area contributed by atoms with Gasteiger partial charge in [-0.05, 0) is 35.7 Å². The van der Waals surface area contributed by atoms with Crippen molar-refractivity contribution in [1.82, 2.24) is 15.2 Å². The molecule has 2 aromatic carbocycles. The number of ether oxygens (including phenoxy) is 1. The zero-order valence-electron chi connectivity index (χ0n) is 17.5. The largest absolute Gasteiger partial charge is 0.496 e. The highest BCUT2D eigenvalue weighted by Gasteiger charge is 2.29. The molecule has 1 aliphatic rings. The summed E-state index contributed by atoms with van der Waals surface area (Å²) in [7, 11) is 1.66. The number of amides is 2. The van der Waals surface area contributed by atoms with Crippen molar-refractivity contribution in [2.75, 3.05) is 26.7 Å². The maximum absolute atomic E-state index is 13.0. The van der Waals surface area contributed by atoms with Gasteiger partial charge < -0.3 is 15.0 Å². The summed E-state index contributed by atoms with van der Waals surface area (Å²) in [4.78, 5) is 31.5. The van der Waals surface area contributed by atoms with Crippen LogP contribution in [0, 0.1) is 5.92 Å². The summed E-state index contributed by atoms with van der Waals surface area (Å²) in [5, 5.41) is 2.96. The van der Waals surface area contributed by atoms with E-state index in [2.05, 4.69) is 10.3 Å². The molecule has 0 bridgehead atoms. The molecule has 1 fully saturated rings. The molecule has 158 valence electrons. The molecule has 0 aliphatic carbocycles. The fourth-order valence-corrected chi connectivity index (χ4v) is 4.01. The highest BCUT2D eigenvalue weighted by molar-refractivity contribution is 5.94. The summed E-state index contributed by atoms with van der Waals surface area (Å²) in [5.74, 6) is 0.334. The third-order valence-electron chi connectivity index (χ3n) is 5.59. The molecule has 0 radical (unpaired) electrons. The van der Waals surface area contributed by atoms with Crippen LogP contribution >= 0.6 is 0 Å². The van der Waals surface area contributed by atoms with Gasteiger partial charge in [-0.25, -0.2) is 0 Å². The molecular formula is C25H25N3O3. The van der Waals surface area contributed by atoms with Crippen LogP contribution in [-0.2, 0) is 11.2 Å². The Morgan fingerprint density at radius 3 is 2.55 bits per heavy atom. The lowest BCUT2D eigenvalue weighted by molar-refractivity contribution is -0.124. The molecule has 1 atom stereocenters. The number of carbonyl (C=O) groups excluding carboxylic acids is 2. The summed E-state index contributed by atoms with van der Waals surface area (Å²) in [6, 6.07) is 19.3. The van der Waals surface area contributed by atoms with E-state index in [1.54, 1.807) is 36.5 Å². The highest BCUT2D eigenvalue weighted by Crippen LogP contribution is 2.33. The minimum atomic E-state index is -0.343. The van der Waals surface area contributed by atoms with Crippen molar-refractivity contribution in [3.05, 3.63) is 84.2 Å². The van der Waals surface area contributed by atoms with Crippen molar-refractivity contribution in [2.24, 2.45) is 5.92 Å². The zero-order valence-corrected chi connectivity index (χ0v) is 17.5. The minimum Gasteiger partial charge on any atom is -0.496 e. The number of nitrogens with one attached hydrogen (secondary N) is 1. The number of hydrogen-bond donors (Lipinski definition) is 1. The summed E-state index contributed by atoms with van der Waals surface area (Å²) in [6.45, 7) is 1.30. The van der Waals surface area contributed by atoms with Crippen molar-refractivity contribution in [2.45, 2.75) is 6.42 Å². The van der Waals surface area contributed by atoms with Gasteiger partial charge in [0.25, 0.3) is 5.91 Å². The van der Waals surface area contributed by atoms with Gasteiger partial charge in [0.05, 0.1) is 13.0 Å². The predicted octanol–water partition coefficient (Wildman–Crippen LogP) is 3.19. The standard InChI is InChI=1S/C25H25N3O3/c1-31-23-9-5-4-8-22(23)21-7-3-2-6-19(21)16-20-17-28(15-14-27-24(20)29)25(30)18-10-12-26-13-11-18/h2-13,20H,14-17H2,1H3,(H,27,29)/t20-/m0/s1. The summed E-state index contributed by atoms with van der Waals surface area (Å²) in [5.41, 5.74) is 3.64. The van der Waals surface area contributed by atoms with Gasteiger partial charge >= 0.3 is 0 Å². The monoisotopic (exact) mass is 415 g/mol. The predicted molar refractivity (Wildman–Crippen MR) is 119 cm³/mol. The quantitative estimate of drug-likeness (QED) is 0.695. The van der Waals surface area contributed by atoms with E-state index in [-0.39, 0.29) is 17.7 Å². The third-order valence-corrected chi connectivity index (χ3v) is 5.59. The fourth-order valence-electron chi connectivity index (χ4n) is 4.01. The van der Waals surface area contributed by atoms with Crippen molar-refractivity contribution in [3.8, 4) is 16.9 Å². The molecular weight excluding hydrogens is 390 g/mol. The number of methoxy groups -OCH3 is 1. The molecule has 6 heteroatoms. The van der Waals surface area contributed by atoms with Crippen LogP contribution in [0.2, 0.25) is 0 Å². The Labute approximate surface area is 181 Å². The second kappa shape index (κ2) is 9.43. The first-order valence-corrected chi connectivity index (χ1v) is 10.4. The Morgan fingerprint density at radius 1 is 1.06 bits per heavy atom. The molecule has 2 amide bonds. The molecule has 0 saturated carbocycles. The highest BCUT2D eigenvalue weighted by atomic mass is 16.5. The molecule has 1 aliphatic heterocycles. The van der Waals surface area contributed by atoms with E-state index in [1.807, 2.05) is 48.5 Å². The van der Waals surface area contributed by atoms with Crippen molar-refractivity contribution < 1.29 is 14.3 Å². The SMILES string of the molecule is COc1ccccc1-c1ccccc1C[C@H]1CN(C(=O)c2ccncc2)CCNC1=O. The zero-order chi connectivity index (χ0) is 21.6. The van der Waals surface area contributed by atoms with Gasteiger partial charge in [-0.2, -0.15) is 0 Å². The average molecular weight is 415 g/mol. The van der Waals surface area contributed by atoms with Gasteiger partial charge in [0.1, 0.15) is 5.75 Å². The molecule has 4 rings (SSSR count). The van der Waals surface area contributed by atoms with Gasteiger partial charge in [-0.3, -0.25) is 14.6 Å². The summed E-state index contributed by atoms with van der Waals surface area (Å²) in [6.07, 6.45) is 3.74. The van der Waals surface area contributed by atoms with Crippen LogP contribution in [0.1, 0.15) is 15.9 Å². The average Bonchev–Trinajstić information content (AvgIpc) is 3.01. The molecule has 6 nitrogen and oxygen atoms in total. The van der Waals surface area contributed by atoms with E-state index >= 15 is 0 Å². The number of para-hydroxylation sites is 1. The van der Waals surface area contributed by atoms with E-state index in [0.29, 0.717) is 31.6 Å². The maximum Gasteiger partial charge on any atom is 0.254 e. The summed E-state index contributed by atoms with van der Waals surface area (Å²) < 4.78 is 5.55. The Morgan fingerprint density at radius 2 is 1.77 bits per heavy atom. The van der Waals surface area contributed by atoms with E-state index in [9.17, 15) is 9.59 Å². The Bertz CT molecular complexity index is 1070. The molecule has 2 heterocycles. The van der Waals surface area contributed by atoms with Crippen LogP contribution in [0.3, 0.4) is 0 Å². The first kappa shape index (κ1) is 20.6. The lowest BCUT2D eigenvalue weighted by atomic mass is 9.91. The van der Waals surface area contributed by atoms with E-state index < -0.39 is 0 Å². The Balaban J connectivity index is 1.61. The smallest absolute Gasteiger partial charge is 0.254 e. The first-order chi connectivity index (χ1) is 15.2. The van der Waals surface area contributed by atoms with E-state index in [4.69, 9.17) is 4.74 Å². The lowest BCUT2D eigenvalue weighted by Crippen LogP contribution is -2.37. The molecule has 3 aromatic rings. The molecule has 0 unspecified atom stereocenters. The number of hydrogen-bond acceptors (Lipinski definition) is 4. The van der Waals surface area contributed by atoms with Crippen LogP contribution in [-0.4, -0.2) is 48.4 Å². The third kappa shape index (κ3) is 4.58. The van der Waals surface area contributed by atoms with E-state index in [0.717, 1.165) is 22.4 Å². The Hall–Kier alpha value is -3.67. The van der Waals surface area contributed by atoms with Crippen LogP contribution in [0.5, 0.6) is 5.75 Å². The number of nitrogens with zero attached hydrogens (tertiary/aromatic N) is 2. The van der Waals surface area contributed by atoms with E-state index in [1.165, 1.54) is 0 Å². The number of carbonyl (C=O) groups is 2. The molecule has 1 N–H and O–H groups in total. The number of pyridine rings is 1. The minimum absolute atomic E-state index is 0.0279. The molecule has 0 spiro atoms. The van der Waals surface area contributed by atoms with Gasteiger partial charge in [-0.15, -0.1) is 0 Å². The van der Waals surface area contributed by atoms with Crippen LogP contribution in [0.4, 0.5) is 0 Å². The molecule has 31 heavy (non-hydrogen) atoms. The van der Waals surface area contributed by atoms with Crippen LogP contribution in [0.15, 0.2) is 73.1 Å². The van der Waals surface area contributed by atoms with Crippen LogP contribution < -0.4 is 10.1 Å². The summed E-state index contributed by atoms with van der Waals surface area (Å²) >= 11 is 0. The Kier molecular flexibility index (Phi) is 6.26. The topological polar surface area (TPSA) is 71.5 Å². The van der Waals surface area contributed by atoms with Crippen molar-refractivity contribution in [3.63, 3.8) is 0 Å². The van der Waals surface area contributed by atoms with Crippen molar-refractivity contribution >= 4 is 11.8 Å². The van der Waals surface area contributed by atoms with Gasteiger partial charge in [0.15, 0.2) is 0 Å². The maximum atomic E-state index is 13.0. The van der Waals surface area contributed by atoms with Crippen LogP contribution in [0.25, 0.3) is 11.1 Å².